The van der Waals surface area contributed by atoms with Crippen molar-refractivity contribution < 1.29 is 19.1 Å². The first-order valence-electron chi connectivity index (χ1n) is 10.9. The Hall–Kier alpha value is -3.81. The SMILES string of the molecule is COc1cc2c(cc1OC)CC(=O)N(CCC(=O)Nc1ccc3nc(C(C)C)[nH]c3c1)C=C2. The van der Waals surface area contributed by atoms with Crippen LogP contribution in [0.5, 0.6) is 11.5 Å². The van der Waals surface area contributed by atoms with Gasteiger partial charge in [-0.2, -0.15) is 0 Å². The zero-order valence-corrected chi connectivity index (χ0v) is 19.3. The number of aromatic nitrogens is 2. The Labute approximate surface area is 192 Å². The molecule has 0 fully saturated rings. The number of hydrogen-bond acceptors (Lipinski definition) is 5. The van der Waals surface area contributed by atoms with E-state index in [4.69, 9.17) is 9.47 Å². The Kier molecular flexibility index (Phi) is 6.35. The fourth-order valence-electron chi connectivity index (χ4n) is 3.79. The van der Waals surface area contributed by atoms with E-state index in [0.29, 0.717) is 23.1 Å². The highest BCUT2D eigenvalue weighted by molar-refractivity contribution is 5.93. The van der Waals surface area contributed by atoms with Crippen LogP contribution < -0.4 is 14.8 Å². The Morgan fingerprint density at radius 3 is 2.67 bits per heavy atom. The molecule has 8 heteroatoms. The number of nitrogens with one attached hydrogen (secondary N) is 2. The number of rotatable bonds is 7. The van der Waals surface area contributed by atoms with Crippen molar-refractivity contribution in [3.05, 3.63) is 53.5 Å². The summed E-state index contributed by atoms with van der Waals surface area (Å²) in [4.78, 5) is 34.7. The van der Waals surface area contributed by atoms with Crippen molar-refractivity contribution in [3.63, 3.8) is 0 Å². The summed E-state index contributed by atoms with van der Waals surface area (Å²) in [5.41, 5.74) is 4.18. The van der Waals surface area contributed by atoms with Gasteiger partial charge in [0.1, 0.15) is 5.82 Å². The van der Waals surface area contributed by atoms with Crippen LogP contribution in [0.15, 0.2) is 36.5 Å². The van der Waals surface area contributed by atoms with Crippen molar-refractivity contribution >= 4 is 34.6 Å². The number of carbonyl (C=O) groups excluding carboxylic acids is 2. The normalized spacial score (nSPS) is 13.2. The molecule has 8 nitrogen and oxygen atoms in total. The lowest BCUT2D eigenvalue weighted by Gasteiger charge is -2.17. The highest BCUT2D eigenvalue weighted by Gasteiger charge is 2.20. The maximum absolute atomic E-state index is 12.8. The van der Waals surface area contributed by atoms with Gasteiger partial charge in [-0.25, -0.2) is 4.98 Å². The number of ether oxygens (including phenoxy) is 2. The Morgan fingerprint density at radius 2 is 1.94 bits per heavy atom. The number of nitrogens with zero attached hydrogens (tertiary/aromatic N) is 2. The molecule has 0 radical (unpaired) electrons. The number of aromatic amines is 1. The molecule has 0 saturated heterocycles. The lowest BCUT2D eigenvalue weighted by molar-refractivity contribution is -0.128. The molecule has 4 rings (SSSR count). The van der Waals surface area contributed by atoms with Gasteiger partial charge in [0.25, 0.3) is 0 Å². The van der Waals surface area contributed by atoms with Crippen LogP contribution >= 0.6 is 0 Å². The van der Waals surface area contributed by atoms with Crippen LogP contribution in [-0.4, -0.2) is 47.4 Å². The van der Waals surface area contributed by atoms with Crippen LogP contribution in [0.4, 0.5) is 5.69 Å². The maximum Gasteiger partial charge on any atom is 0.230 e. The molecule has 2 N–H and O–H groups in total. The number of fused-ring (bicyclic) bond motifs is 2. The number of amides is 2. The molecule has 2 aromatic carbocycles. The molecule has 0 aliphatic carbocycles. The van der Waals surface area contributed by atoms with Crippen molar-refractivity contribution in [2.75, 3.05) is 26.1 Å². The fourth-order valence-corrected chi connectivity index (χ4v) is 3.79. The van der Waals surface area contributed by atoms with E-state index in [1.807, 2.05) is 36.4 Å². The minimum Gasteiger partial charge on any atom is -0.493 e. The van der Waals surface area contributed by atoms with Crippen LogP contribution in [0.25, 0.3) is 17.1 Å². The van der Waals surface area contributed by atoms with E-state index in [-0.39, 0.29) is 31.2 Å². The van der Waals surface area contributed by atoms with Gasteiger partial charge in [0, 0.05) is 30.8 Å². The van der Waals surface area contributed by atoms with E-state index >= 15 is 0 Å². The molecule has 1 aliphatic heterocycles. The largest absolute Gasteiger partial charge is 0.493 e. The zero-order chi connectivity index (χ0) is 23.5. The first-order valence-corrected chi connectivity index (χ1v) is 10.9. The molecule has 0 saturated carbocycles. The van der Waals surface area contributed by atoms with E-state index in [2.05, 4.69) is 29.1 Å². The maximum atomic E-state index is 12.8. The van der Waals surface area contributed by atoms with Gasteiger partial charge in [-0.05, 0) is 47.5 Å². The van der Waals surface area contributed by atoms with Gasteiger partial charge < -0.3 is 24.7 Å². The number of anilines is 1. The van der Waals surface area contributed by atoms with Crippen LogP contribution in [0, 0.1) is 0 Å². The summed E-state index contributed by atoms with van der Waals surface area (Å²) in [7, 11) is 3.14. The van der Waals surface area contributed by atoms with E-state index in [1.165, 1.54) is 0 Å². The topological polar surface area (TPSA) is 96.6 Å². The summed E-state index contributed by atoms with van der Waals surface area (Å²) in [5.74, 6) is 2.16. The van der Waals surface area contributed by atoms with Gasteiger partial charge in [0.15, 0.2) is 11.5 Å². The minimum atomic E-state index is -0.163. The van der Waals surface area contributed by atoms with Gasteiger partial charge >= 0.3 is 0 Å². The van der Waals surface area contributed by atoms with Gasteiger partial charge in [-0.3, -0.25) is 9.59 Å². The molecular formula is C25H28N4O4. The van der Waals surface area contributed by atoms with Crippen molar-refractivity contribution in [2.24, 2.45) is 0 Å². The predicted octanol–water partition coefficient (Wildman–Crippen LogP) is 4.09. The van der Waals surface area contributed by atoms with E-state index in [9.17, 15) is 9.59 Å². The van der Waals surface area contributed by atoms with Gasteiger partial charge in [0.2, 0.25) is 11.8 Å². The summed E-state index contributed by atoms with van der Waals surface area (Å²) in [6.45, 7) is 4.43. The van der Waals surface area contributed by atoms with Crippen LogP contribution in [0.1, 0.15) is 43.1 Å². The summed E-state index contributed by atoms with van der Waals surface area (Å²) in [5, 5.41) is 2.91. The lowest BCUT2D eigenvalue weighted by Crippen LogP contribution is -2.29. The second kappa shape index (κ2) is 9.36. The molecule has 2 heterocycles. The number of methoxy groups -OCH3 is 2. The Balaban J connectivity index is 1.40. The number of hydrogen-bond donors (Lipinski definition) is 2. The first-order chi connectivity index (χ1) is 15.9. The molecular weight excluding hydrogens is 420 g/mol. The van der Waals surface area contributed by atoms with Crippen LogP contribution in [-0.2, 0) is 16.0 Å². The summed E-state index contributed by atoms with van der Waals surface area (Å²) >= 11 is 0. The Morgan fingerprint density at radius 1 is 1.18 bits per heavy atom. The van der Waals surface area contributed by atoms with Crippen molar-refractivity contribution in [2.45, 2.75) is 32.6 Å². The van der Waals surface area contributed by atoms with Crippen molar-refractivity contribution in [3.8, 4) is 11.5 Å². The van der Waals surface area contributed by atoms with Crippen molar-refractivity contribution in [1.29, 1.82) is 0 Å². The molecule has 3 aromatic rings. The molecule has 172 valence electrons. The molecule has 33 heavy (non-hydrogen) atoms. The van der Waals surface area contributed by atoms with Crippen LogP contribution in [0.2, 0.25) is 0 Å². The summed E-state index contributed by atoms with van der Waals surface area (Å²) < 4.78 is 10.7. The summed E-state index contributed by atoms with van der Waals surface area (Å²) in [6, 6.07) is 9.27. The summed E-state index contributed by atoms with van der Waals surface area (Å²) in [6.07, 6.45) is 3.98. The molecule has 0 spiro atoms. The highest BCUT2D eigenvalue weighted by atomic mass is 16.5. The fraction of sp³-hybridized carbons (Fsp3) is 0.320. The average Bonchev–Trinajstić information content (AvgIpc) is 3.16. The molecule has 0 atom stereocenters. The zero-order valence-electron chi connectivity index (χ0n) is 19.3. The van der Waals surface area contributed by atoms with Gasteiger partial charge in [-0.15, -0.1) is 0 Å². The smallest absolute Gasteiger partial charge is 0.230 e. The molecule has 0 unspecified atom stereocenters. The van der Waals surface area contributed by atoms with E-state index in [0.717, 1.165) is 28.0 Å². The van der Waals surface area contributed by atoms with Crippen molar-refractivity contribution in [1.82, 2.24) is 14.9 Å². The standard InChI is InChI=1S/C25H28N4O4/c1-15(2)25-27-19-6-5-18(14-20(19)28-25)26-23(30)8-10-29-9-7-16-11-21(32-3)22(33-4)12-17(16)13-24(29)31/h5-7,9,11-12,14-15H,8,10,13H2,1-4H3,(H,26,30)(H,27,28). The second-order valence-corrected chi connectivity index (χ2v) is 8.29. The quantitative estimate of drug-likeness (QED) is 0.568. The average molecular weight is 449 g/mol. The third-order valence-electron chi connectivity index (χ3n) is 5.65. The van der Waals surface area contributed by atoms with Gasteiger partial charge in [0.05, 0.1) is 31.7 Å². The number of carbonyl (C=O) groups is 2. The lowest BCUT2D eigenvalue weighted by atomic mass is 10.0. The third-order valence-corrected chi connectivity index (χ3v) is 5.65. The molecule has 1 aliphatic rings. The third kappa shape index (κ3) is 4.84. The number of imidazole rings is 1. The highest BCUT2D eigenvalue weighted by Crippen LogP contribution is 2.32. The van der Waals surface area contributed by atoms with Gasteiger partial charge in [-0.1, -0.05) is 13.8 Å². The minimum absolute atomic E-state index is 0.0786. The Bertz CT molecular complexity index is 1230. The van der Waals surface area contributed by atoms with E-state index < -0.39 is 0 Å². The first kappa shape index (κ1) is 22.4. The number of benzene rings is 2. The molecule has 0 bridgehead atoms. The van der Waals surface area contributed by atoms with E-state index in [1.54, 1.807) is 25.3 Å². The molecule has 1 aromatic heterocycles. The number of H-pyrrole nitrogens is 1. The predicted molar refractivity (Wildman–Crippen MR) is 127 cm³/mol. The van der Waals surface area contributed by atoms with Crippen LogP contribution in [0.3, 0.4) is 0 Å². The molecule has 2 amide bonds. The monoisotopic (exact) mass is 448 g/mol. The second-order valence-electron chi connectivity index (χ2n) is 8.29.